The number of allylic oxidation sites excluding steroid dienone is 10. The summed E-state index contributed by atoms with van der Waals surface area (Å²) in [7, 11) is 0. The molecule has 0 bridgehead atoms. The number of ether oxygens (including phenoxy) is 4. The Morgan fingerprint density at radius 2 is 1.21 bits per heavy atom. The Labute approximate surface area is 333 Å². The quantitative estimate of drug-likeness (QED) is 0.0411. The van der Waals surface area contributed by atoms with Crippen LogP contribution < -0.4 is 5.32 Å². The molecule has 2 aliphatic rings. The van der Waals surface area contributed by atoms with Crippen LogP contribution in [0.15, 0.2) is 60.8 Å². The third-order valence-electron chi connectivity index (χ3n) is 9.75. The lowest BCUT2D eigenvalue weighted by Crippen LogP contribution is -2.65. The van der Waals surface area contributed by atoms with Gasteiger partial charge in [0.1, 0.15) is 48.8 Å². The van der Waals surface area contributed by atoms with Gasteiger partial charge in [-0.1, -0.05) is 107 Å². The van der Waals surface area contributed by atoms with Crippen LogP contribution >= 0.6 is 0 Å². The van der Waals surface area contributed by atoms with E-state index in [0.29, 0.717) is 19.3 Å². The van der Waals surface area contributed by atoms with Crippen molar-refractivity contribution in [2.75, 3.05) is 19.8 Å². The highest BCUT2D eigenvalue weighted by Crippen LogP contribution is 2.30. The van der Waals surface area contributed by atoms with Gasteiger partial charge in [0.05, 0.1) is 32.0 Å². The SMILES string of the molecule is CC/C=C\C/C=C\C/C=C\C/C=C\C/C=C\CCCC(=O)NC(COC1OC(CO)C(OC2OC(CO)C(O)C(O)C2O)C(O)C1O)C(O)CCCCCCC. The fourth-order valence-electron chi connectivity index (χ4n) is 6.33. The number of hydrogen-bond acceptors (Lipinski definition) is 13. The van der Waals surface area contributed by atoms with Crippen molar-refractivity contribution in [1.82, 2.24) is 5.32 Å². The standard InChI is InChI=1S/C42H71NO13/c1-3-5-7-9-10-11-12-13-14-15-16-17-18-19-20-22-24-26-34(47)43-30(31(46)25-23-21-8-6-4-2)29-53-41-39(52)37(50)40(33(28-45)55-41)56-42-38(51)36(49)35(48)32(27-44)54-42/h5,7,10-11,13-14,16-17,19-20,30-33,35-42,44-46,48-52H,3-4,6,8-9,12,15,18,21-29H2,1-2H3,(H,43,47)/b7-5-,11-10-,14-13-,17-16-,20-19-. The molecule has 1 amide bonds. The van der Waals surface area contributed by atoms with E-state index in [4.69, 9.17) is 18.9 Å². The van der Waals surface area contributed by atoms with E-state index in [2.05, 4.69) is 73.8 Å². The summed E-state index contributed by atoms with van der Waals surface area (Å²) in [5, 5.41) is 85.9. The topological polar surface area (TPSA) is 228 Å². The van der Waals surface area contributed by atoms with E-state index in [1.165, 1.54) is 0 Å². The molecular formula is C42H71NO13. The van der Waals surface area contributed by atoms with Gasteiger partial charge >= 0.3 is 0 Å². The van der Waals surface area contributed by atoms with Crippen LogP contribution in [0.3, 0.4) is 0 Å². The molecule has 2 saturated heterocycles. The molecule has 0 saturated carbocycles. The first-order valence-electron chi connectivity index (χ1n) is 20.5. The second-order valence-electron chi connectivity index (χ2n) is 14.4. The molecule has 14 heteroatoms. The van der Waals surface area contributed by atoms with Crippen LogP contribution in [0.2, 0.25) is 0 Å². The van der Waals surface area contributed by atoms with Crippen LogP contribution in [0, 0.1) is 0 Å². The molecule has 2 fully saturated rings. The first-order valence-corrected chi connectivity index (χ1v) is 20.5. The van der Waals surface area contributed by atoms with Gasteiger partial charge in [-0.05, 0) is 51.4 Å². The molecule has 14 nitrogen and oxygen atoms in total. The van der Waals surface area contributed by atoms with Gasteiger partial charge in [-0.25, -0.2) is 0 Å². The zero-order chi connectivity index (χ0) is 41.1. The van der Waals surface area contributed by atoms with Crippen molar-refractivity contribution in [3.8, 4) is 0 Å². The molecule has 2 heterocycles. The van der Waals surface area contributed by atoms with Crippen molar-refractivity contribution in [1.29, 1.82) is 0 Å². The van der Waals surface area contributed by atoms with E-state index in [-0.39, 0.29) is 18.9 Å². The Kier molecular flexibility index (Phi) is 26.6. The maximum Gasteiger partial charge on any atom is 0.220 e. The van der Waals surface area contributed by atoms with Crippen molar-refractivity contribution in [2.45, 2.75) is 177 Å². The highest BCUT2D eigenvalue weighted by atomic mass is 16.7. The van der Waals surface area contributed by atoms with Gasteiger partial charge < -0.3 is 65.1 Å². The minimum Gasteiger partial charge on any atom is -0.394 e. The average molecular weight is 798 g/mol. The zero-order valence-electron chi connectivity index (χ0n) is 33.3. The maximum atomic E-state index is 13.0. The molecule has 2 aliphatic heterocycles. The number of unbranched alkanes of at least 4 members (excludes halogenated alkanes) is 5. The average Bonchev–Trinajstić information content (AvgIpc) is 3.19. The maximum absolute atomic E-state index is 13.0. The lowest BCUT2D eigenvalue weighted by atomic mass is 9.97. The number of carbonyl (C=O) groups is 1. The Balaban J connectivity index is 1.87. The van der Waals surface area contributed by atoms with Gasteiger partial charge in [-0.3, -0.25) is 4.79 Å². The number of aliphatic hydroxyl groups is 8. The van der Waals surface area contributed by atoms with E-state index in [9.17, 15) is 45.6 Å². The Bertz CT molecular complexity index is 1180. The predicted octanol–water partition coefficient (Wildman–Crippen LogP) is 2.76. The van der Waals surface area contributed by atoms with Gasteiger partial charge in [0.2, 0.25) is 5.91 Å². The first-order chi connectivity index (χ1) is 27.1. The molecular weight excluding hydrogens is 726 g/mol. The Morgan fingerprint density at radius 1 is 0.661 bits per heavy atom. The zero-order valence-corrected chi connectivity index (χ0v) is 33.3. The summed E-state index contributed by atoms with van der Waals surface area (Å²) in [4.78, 5) is 13.0. The summed E-state index contributed by atoms with van der Waals surface area (Å²) in [5.74, 6) is -0.276. The predicted molar refractivity (Wildman–Crippen MR) is 212 cm³/mol. The van der Waals surface area contributed by atoms with Crippen LogP contribution in [0.25, 0.3) is 0 Å². The smallest absolute Gasteiger partial charge is 0.220 e. The second-order valence-corrected chi connectivity index (χ2v) is 14.4. The molecule has 9 N–H and O–H groups in total. The minimum absolute atomic E-state index is 0.221. The normalized spacial score (nSPS) is 30.0. The number of rotatable bonds is 28. The molecule has 0 aromatic carbocycles. The number of nitrogens with one attached hydrogen (secondary N) is 1. The van der Waals surface area contributed by atoms with Crippen LogP contribution in [-0.4, -0.2) is 140 Å². The number of carbonyl (C=O) groups excluding carboxylic acids is 1. The lowest BCUT2D eigenvalue weighted by Gasteiger charge is -2.46. The molecule has 12 atom stereocenters. The summed E-state index contributed by atoms with van der Waals surface area (Å²) < 4.78 is 22.5. The largest absolute Gasteiger partial charge is 0.394 e. The van der Waals surface area contributed by atoms with E-state index < -0.39 is 86.8 Å². The number of hydrogen-bond donors (Lipinski definition) is 9. The molecule has 0 spiro atoms. The highest BCUT2D eigenvalue weighted by Gasteiger charge is 2.50. The first kappa shape index (κ1) is 49.8. The van der Waals surface area contributed by atoms with Gasteiger partial charge in [-0.2, -0.15) is 0 Å². The molecule has 0 aromatic heterocycles. The van der Waals surface area contributed by atoms with E-state index in [1.807, 2.05) is 6.08 Å². The second kappa shape index (κ2) is 29.8. The summed E-state index contributed by atoms with van der Waals surface area (Å²) in [6, 6.07) is -0.856. The monoisotopic (exact) mass is 797 g/mol. The van der Waals surface area contributed by atoms with Crippen molar-refractivity contribution in [2.24, 2.45) is 0 Å². The van der Waals surface area contributed by atoms with Gasteiger partial charge in [-0.15, -0.1) is 0 Å². The molecule has 56 heavy (non-hydrogen) atoms. The van der Waals surface area contributed by atoms with Crippen LogP contribution in [0.1, 0.15) is 104 Å². The van der Waals surface area contributed by atoms with E-state index >= 15 is 0 Å². The Morgan fingerprint density at radius 3 is 1.80 bits per heavy atom. The van der Waals surface area contributed by atoms with Crippen molar-refractivity contribution in [3.63, 3.8) is 0 Å². The van der Waals surface area contributed by atoms with Crippen molar-refractivity contribution < 1.29 is 64.6 Å². The van der Waals surface area contributed by atoms with Crippen LogP contribution in [-0.2, 0) is 23.7 Å². The number of amides is 1. The van der Waals surface area contributed by atoms with E-state index in [1.54, 1.807) is 0 Å². The van der Waals surface area contributed by atoms with Gasteiger partial charge in [0.25, 0.3) is 0 Å². The van der Waals surface area contributed by atoms with Gasteiger partial charge in [0.15, 0.2) is 12.6 Å². The Hall–Kier alpha value is -2.31. The highest BCUT2D eigenvalue weighted by molar-refractivity contribution is 5.76. The third kappa shape index (κ3) is 18.5. The van der Waals surface area contributed by atoms with Crippen LogP contribution in [0.5, 0.6) is 0 Å². The molecule has 0 aromatic rings. The summed E-state index contributed by atoms with van der Waals surface area (Å²) in [6.07, 6.45) is 15.9. The van der Waals surface area contributed by atoms with Crippen LogP contribution in [0.4, 0.5) is 0 Å². The molecule has 322 valence electrons. The lowest BCUT2D eigenvalue weighted by molar-refractivity contribution is -0.359. The van der Waals surface area contributed by atoms with Crippen molar-refractivity contribution >= 4 is 5.91 Å². The summed E-state index contributed by atoms with van der Waals surface area (Å²) in [6.45, 7) is 2.54. The minimum atomic E-state index is -1.79. The molecule has 0 aliphatic carbocycles. The molecule has 2 rings (SSSR count). The van der Waals surface area contributed by atoms with Crippen molar-refractivity contribution in [3.05, 3.63) is 60.8 Å². The third-order valence-corrected chi connectivity index (χ3v) is 9.75. The number of aliphatic hydroxyl groups excluding tert-OH is 8. The summed E-state index contributed by atoms with van der Waals surface area (Å²) in [5.41, 5.74) is 0. The fourth-order valence-corrected chi connectivity index (χ4v) is 6.33. The summed E-state index contributed by atoms with van der Waals surface area (Å²) >= 11 is 0. The van der Waals surface area contributed by atoms with Gasteiger partial charge in [0, 0.05) is 6.42 Å². The fraction of sp³-hybridized carbons (Fsp3) is 0.738. The molecule has 12 unspecified atom stereocenters. The van der Waals surface area contributed by atoms with E-state index in [0.717, 1.165) is 64.2 Å². The molecule has 0 radical (unpaired) electrons.